The van der Waals surface area contributed by atoms with Gasteiger partial charge in [-0.15, -0.1) is 0 Å². The van der Waals surface area contributed by atoms with E-state index in [1.807, 2.05) is 48.5 Å². The molecule has 138 valence electrons. The van der Waals surface area contributed by atoms with Crippen molar-refractivity contribution in [2.75, 3.05) is 5.32 Å². The Morgan fingerprint density at radius 3 is 2.69 bits per heavy atom. The second kappa shape index (κ2) is 7.00. The number of hydrogen-bond acceptors (Lipinski definition) is 4. The largest absolute Gasteiger partial charge is 0.354 e. The van der Waals surface area contributed by atoms with Gasteiger partial charge in [0, 0.05) is 21.7 Å². The normalized spacial score (nSPS) is 10.9. The van der Waals surface area contributed by atoms with Crippen molar-refractivity contribution in [2.45, 2.75) is 0 Å². The summed E-state index contributed by atoms with van der Waals surface area (Å²) in [6.07, 6.45) is 3.51. The molecule has 0 aliphatic heterocycles. The second-order valence-electron chi connectivity index (χ2n) is 6.48. The molecule has 0 fully saturated rings. The van der Waals surface area contributed by atoms with Crippen LogP contribution >= 0.6 is 15.9 Å². The second-order valence-corrected chi connectivity index (χ2v) is 7.39. The number of H-pyrrole nitrogens is 1. The topological polar surface area (TPSA) is 70.8 Å². The standard InChI is InChI=1S/C22H13BrN6/c1-24-14-3-6-17-16(11-14)18(8-9-25-17)27-15-4-7-20(26-12-15)22-28-19-5-2-13(23)10-21(19)29-22/h2-12H,(H,25,27)(H,28,29). The molecule has 0 radical (unpaired) electrons. The maximum Gasteiger partial charge on any atom is 0.188 e. The highest BCUT2D eigenvalue weighted by atomic mass is 79.9. The van der Waals surface area contributed by atoms with E-state index in [1.165, 1.54) is 0 Å². The van der Waals surface area contributed by atoms with Crippen LogP contribution in [0.15, 0.2) is 71.5 Å². The number of hydrogen-bond donors (Lipinski definition) is 2. The van der Waals surface area contributed by atoms with Gasteiger partial charge in [-0.3, -0.25) is 9.97 Å². The predicted octanol–water partition coefficient (Wildman–Crippen LogP) is 6.23. The van der Waals surface area contributed by atoms with Crippen molar-refractivity contribution < 1.29 is 0 Å². The first-order valence-corrected chi connectivity index (χ1v) is 9.64. The highest BCUT2D eigenvalue weighted by Crippen LogP contribution is 2.29. The molecule has 2 N–H and O–H groups in total. The summed E-state index contributed by atoms with van der Waals surface area (Å²) < 4.78 is 0.999. The Hall–Kier alpha value is -3.76. The molecular weight excluding hydrogens is 428 g/mol. The number of halogens is 1. The Labute approximate surface area is 174 Å². The van der Waals surface area contributed by atoms with Crippen LogP contribution in [0.1, 0.15) is 0 Å². The van der Waals surface area contributed by atoms with Crippen LogP contribution in [0, 0.1) is 6.57 Å². The lowest BCUT2D eigenvalue weighted by molar-refractivity contribution is 1.24. The summed E-state index contributed by atoms with van der Waals surface area (Å²) in [5.41, 5.74) is 5.75. The van der Waals surface area contributed by atoms with Gasteiger partial charge in [-0.2, -0.15) is 0 Å². The molecule has 0 amide bonds. The van der Waals surface area contributed by atoms with Crippen LogP contribution in [-0.4, -0.2) is 19.9 Å². The smallest absolute Gasteiger partial charge is 0.188 e. The number of fused-ring (bicyclic) bond motifs is 2. The number of aromatic nitrogens is 4. The van der Waals surface area contributed by atoms with Gasteiger partial charge in [0.25, 0.3) is 0 Å². The minimum atomic E-state index is 0.582. The first-order chi connectivity index (χ1) is 14.2. The van der Waals surface area contributed by atoms with Gasteiger partial charge in [-0.1, -0.05) is 22.0 Å². The quantitative estimate of drug-likeness (QED) is 0.326. The summed E-state index contributed by atoms with van der Waals surface area (Å²) in [6, 6.07) is 17.1. The monoisotopic (exact) mass is 440 g/mol. The van der Waals surface area contributed by atoms with E-state index in [2.05, 4.69) is 46.0 Å². The van der Waals surface area contributed by atoms with Crippen molar-refractivity contribution >= 4 is 54.9 Å². The predicted molar refractivity (Wildman–Crippen MR) is 118 cm³/mol. The zero-order valence-electron chi connectivity index (χ0n) is 15.0. The highest BCUT2D eigenvalue weighted by molar-refractivity contribution is 9.10. The molecule has 0 atom stereocenters. The third kappa shape index (κ3) is 3.30. The molecule has 7 heteroatoms. The Kier molecular flexibility index (Phi) is 4.19. The van der Waals surface area contributed by atoms with E-state index in [0.29, 0.717) is 5.69 Å². The SMILES string of the molecule is [C-]#[N+]c1ccc2nccc(Nc3ccc(-c4nc5ccc(Br)cc5[nH]4)nc3)c2c1. The number of pyridine rings is 2. The minimum absolute atomic E-state index is 0.582. The van der Waals surface area contributed by atoms with Gasteiger partial charge in [-0.05, 0) is 48.5 Å². The van der Waals surface area contributed by atoms with Crippen LogP contribution in [0.3, 0.4) is 0 Å². The van der Waals surface area contributed by atoms with Gasteiger partial charge in [0.15, 0.2) is 11.5 Å². The van der Waals surface area contributed by atoms with Crippen LogP contribution in [0.25, 0.3) is 38.3 Å². The molecule has 6 nitrogen and oxygen atoms in total. The third-order valence-corrected chi connectivity index (χ3v) is 5.08. The molecule has 0 saturated carbocycles. The van der Waals surface area contributed by atoms with E-state index >= 15 is 0 Å². The minimum Gasteiger partial charge on any atom is -0.354 e. The average molecular weight is 441 g/mol. The molecule has 0 unspecified atom stereocenters. The molecule has 2 aromatic carbocycles. The van der Waals surface area contributed by atoms with Gasteiger partial charge < -0.3 is 10.3 Å². The van der Waals surface area contributed by atoms with E-state index < -0.39 is 0 Å². The molecule has 0 bridgehead atoms. The number of benzene rings is 2. The first kappa shape index (κ1) is 17.3. The molecule has 5 rings (SSSR count). The third-order valence-electron chi connectivity index (χ3n) is 4.58. The van der Waals surface area contributed by atoms with Crippen LogP contribution < -0.4 is 5.32 Å². The lowest BCUT2D eigenvalue weighted by atomic mass is 10.1. The molecule has 29 heavy (non-hydrogen) atoms. The van der Waals surface area contributed by atoms with Crippen molar-refractivity contribution in [1.82, 2.24) is 19.9 Å². The van der Waals surface area contributed by atoms with Crippen molar-refractivity contribution in [3.05, 3.63) is 82.9 Å². The van der Waals surface area contributed by atoms with Gasteiger partial charge in [0.2, 0.25) is 0 Å². The molecule has 3 aromatic heterocycles. The van der Waals surface area contributed by atoms with Crippen molar-refractivity contribution in [3.8, 4) is 11.5 Å². The summed E-state index contributed by atoms with van der Waals surface area (Å²) in [5.74, 6) is 0.723. The van der Waals surface area contributed by atoms with E-state index in [1.54, 1.807) is 18.5 Å². The lowest BCUT2D eigenvalue weighted by Gasteiger charge is -2.10. The summed E-state index contributed by atoms with van der Waals surface area (Å²) in [6.45, 7) is 7.23. The van der Waals surface area contributed by atoms with E-state index in [4.69, 9.17) is 6.57 Å². The molecular formula is C22H13BrN6. The van der Waals surface area contributed by atoms with Gasteiger partial charge in [0.05, 0.1) is 35.0 Å². The van der Waals surface area contributed by atoms with Gasteiger partial charge in [-0.25, -0.2) is 9.83 Å². The number of nitrogens with one attached hydrogen (secondary N) is 2. The Bertz CT molecular complexity index is 1400. The van der Waals surface area contributed by atoms with E-state index in [-0.39, 0.29) is 0 Å². The Morgan fingerprint density at radius 2 is 1.86 bits per heavy atom. The van der Waals surface area contributed by atoms with Crippen LogP contribution in [-0.2, 0) is 0 Å². The number of imidazole rings is 1. The van der Waals surface area contributed by atoms with Crippen molar-refractivity contribution in [2.24, 2.45) is 0 Å². The van der Waals surface area contributed by atoms with Gasteiger partial charge >= 0.3 is 0 Å². The summed E-state index contributed by atoms with van der Waals surface area (Å²) >= 11 is 3.47. The molecule has 0 aliphatic carbocycles. The first-order valence-electron chi connectivity index (χ1n) is 8.84. The lowest BCUT2D eigenvalue weighted by Crippen LogP contribution is -1.94. The summed E-state index contributed by atoms with van der Waals surface area (Å²) in [7, 11) is 0. The zero-order chi connectivity index (χ0) is 19.8. The Balaban J connectivity index is 1.46. The van der Waals surface area contributed by atoms with Crippen LogP contribution in [0.2, 0.25) is 0 Å². The number of nitrogens with zero attached hydrogens (tertiary/aromatic N) is 4. The maximum atomic E-state index is 7.23. The summed E-state index contributed by atoms with van der Waals surface area (Å²) in [5, 5.41) is 4.26. The molecule has 0 spiro atoms. The van der Waals surface area contributed by atoms with Gasteiger partial charge in [0.1, 0.15) is 5.69 Å². The van der Waals surface area contributed by atoms with E-state index in [9.17, 15) is 0 Å². The number of rotatable bonds is 3. The molecule has 5 aromatic rings. The number of aromatic amines is 1. The van der Waals surface area contributed by atoms with Crippen molar-refractivity contribution in [3.63, 3.8) is 0 Å². The number of anilines is 2. The van der Waals surface area contributed by atoms with Crippen LogP contribution in [0.4, 0.5) is 17.1 Å². The fourth-order valence-corrected chi connectivity index (χ4v) is 3.54. The fourth-order valence-electron chi connectivity index (χ4n) is 3.18. The molecule has 0 saturated heterocycles. The van der Waals surface area contributed by atoms with Crippen molar-refractivity contribution in [1.29, 1.82) is 0 Å². The van der Waals surface area contributed by atoms with Crippen LogP contribution in [0.5, 0.6) is 0 Å². The highest BCUT2D eigenvalue weighted by Gasteiger charge is 2.08. The summed E-state index contributed by atoms with van der Waals surface area (Å²) in [4.78, 5) is 20.3. The van der Waals surface area contributed by atoms with E-state index in [0.717, 1.165) is 49.3 Å². The maximum absolute atomic E-state index is 7.23. The fraction of sp³-hybridized carbons (Fsp3) is 0. The molecule has 3 heterocycles. The Morgan fingerprint density at radius 1 is 0.966 bits per heavy atom. The average Bonchev–Trinajstić information content (AvgIpc) is 3.17. The molecule has 0 aliphatic rings. The zero-order valence-corrected chi connectivity index (χ0v) is 16.6.